The minimum atomic E-state index is -0.240. The smallest absolute Gasteiger partial charge is 0.318 e. The molecular formula is C11H10BrN3O. The molecule has 0 N–H and O–H groups in total. The standard InChI is InChI=1S/C11H10BrN3O/c1-14-10(6-15(7-13)11(14)16)8-2-4-9(12)5-3-8/h2-5,10H,6H2,1H3. The summed E-state index contributed by atoms with van der Waals surface area (Å²) in [6, 6.07) is 7.50. The van der Waals surface area contributed by atoms with E-state index in [1.165, 1.54) is 4.90 Å². The second kappa shape index (κ2) is 4.14. The van der Waals surface area contributed by atoms with E-state index in [0.29, 0.717) is 6.54 Å². The number of likely N-dealkylation sites (N-methyl/N-ethyl adjacent to an activating group) is 1. The summed E-state index contributed by atoms with van der Waals surface area (Å²) >= 11 is 3.36. The Hall–Kier alpha value is -1.54. The van der Waals surface area contributed by atoms with E-state index in [4.69, 9.17) is 5.26 Å². The molecule has 1 unspecified atom stereocenters. The zero-order chi connectivity index (χ0) is 11.7. The molecule has 1 aromatic rings. The van der Waals surface area contributed by atoms with Gasteiger partial charge in [0.15, 0.2) is 6.19 Å². The van der Waals surface area contributed by atoms with Crippen molar-refractivity contribution >= 4 is 22.0 Å². The predicted molar refractivity (Wildman–Crippen MR) is 62.4 cm³/mol. The average Bonchev–Trinajstić information content (AvgIpc) is 2.57. The first-order chi connectivity index (χ1) is 7.63. The fourth-order valence-electron chi connectivity index (χ4n) is 1.79. The van der Waals surface area contributed by atoms with Crippen molar-refractivity contribution in [2.75, 3.05) is 13.6 Å². The predicted octanol–water partition coefficient (Wildman–Crippen LogP) is 2.34. The molecule has 0 bridgehead atoms. The Labute approximate surface area is 102 Å². The minimum Gasteiger partial charge on any atom is -0.318 e. The van der Waals surface area contributed by atoms with E-state index in [1.807, 2.05) is 30.5 Å². The number of carbonyl (C=O) groups excluding carboxylic acids is 1. The SMILES string of the molecule is CN1C(=O)N(C#N)CC1c1ccc(Br)cc1. The number of nitrogens with zero attached hydrogens (tertiary/aromatic N) is 3. The van der Waals surface area contributed by atoms with Crippen molar-refractivity contribution in [3.8, 4) is 6.19 Å². The molecule has 0 aliphatic carbocycles. The van der Waals surface area contributed by atoms with Crippen LogP contribution in [0.4, 0.5) is 4.79 Å². The van der Waals surface area contributed by atoms with Gasteiger partial charge >= 0.3 is 6.03 Å². The molecule has 2 amide bonds. The lowest BCUT2D eigenvalue weighted by molar-refractivity contribution is 0.205. The number of halogens is 1. The lowest BCUT2D eigenvalue weighted by Crippen LogP contribution is -2.26. The molecule has 0 saturated carbocycles. The summed E-state index contributed by atoms with van der Waals surface area (Å²) in [4.78, 5) is 14.4. The summed E-state index contributed by atoms with van der Waals surface area (Å²) in [5.74, 6) is 0. The molecule has 4 nitrogen and oxygen atoms in total. The van der Waals surface area contributed by atoms with Gasteiger partial charge in [-0.3, -0.25) is 0 Å². The van der Waals surface area contributed by atoms with Crippen molar-refractivity contribution in [3.05, 3.63) is 34.3 Å². The quantitative estimate of drug-likeness (QED) is 0.741. The first kappa shape index (κ1) is 11.0. The maximum Gasteiger partial charge on any atom is 0.333 e. The molecule has 5 heteroatoms. The van der Waals surface area contributed by atoms with Crippen LogP contribution in [-0.2, 0) is 0 Å². The van der Waals surface area contributed by atoms with Gasteiger partial charge in [-0.15, -0.1) is 0 Å². The molecule has 2 rings (SSSR count). The Balaban J connectivity index is 2.27. The van der Waals surface area contributed by atoms with Gasteiger partial charge in [-0.2, -0.15) is 5.26 Å². The van der Waals surface area contributed by atoms with Crippen LogP contribution < -0.4 is 0 Å². The van der Waals surface area contributed by atoms with Gasteiger partial charge in [-0.1, -0.05) is 28.1 Å². The van der Waals surface area contributed by atoms with Gasteiger partial charge in [0.1, 0.15) is 0 Å². The average molecular weight is 280 g/mol. The summed E-state index contributed by atoms with van der Waals surface area (Å²) in [5.41, 5.74) is 1.04. The third-order valence-electron chi connectivity index (χ3n) is 2.73. The van der Waals surface area contributed by atoms with E-state index >= 15 is 0 Å². The Morgan fingerprint density at radius 2 is 2.06 bits per heavy atom. The van der Waals surface area contributed by atoms with Crippen molar-refractivity contribution in [1.82, 2.24) is 9.80 Å². The van der Waals surface area contributed by atoms with Crippen molar-refractivity contribution in [2.45, 2.75) is 6.04 Å². The van der Waals surface area contributed by atoms with Crippen molar-refractivity contribution in [1.29, 1.82) is 5.26 Å². The fraction of sp³-hybridized carbons (Fsp3) is 0.273. The summed E-state index contributed by atoms with van der Waals surface area (Å²) in [6.07, 6.45) is 1.89. The molecule has 1 aliphatic rings. The van der Waals surface area contributed by atoms with Crippen LogP contribution in [0.15, 0.2) is 28.7 Å². The largest absolute Gasteiger partial charge is 0.333 e. The fourth-order valence-corrected chi connectivity index (χ4v) is 2.06. The van der Waals surface area contributed by atoms with Crippen LogP contribution in [-0.4, -0.2) is 29.4 Å². The Morgan fingerprint density at radius 3 is 2.56 bits per heavy atom. The number of hydrogen-bond acceptors (Lipinski definition) is 2. The lowest BCUT2D eigenvalue weighted by Gasteiger charge is -2.17. The highest BCUT2D eigenvalue weighted by Crippen LogP contribution is 2.28. The normalized spacial score (nSPS) is 20.1. The number of urea groups is 1. The highest BCUT2D eigenvalue weighted by molar-refractivity contribution is 9.10. The molecule has 1 heterocycles. The molecule has 0 aromatic heterocycles. The Bertz CT molecular complexity index is 451. The second-order valence-electron chi connectivity index (χ2n) is 3.67. The first-order valence-corrected chi connectivity index (χ1v) is 5.62. The van der Waals surface area contributed by atoms with Crippen LogP contribution in [0, 0.1) is 11.5 Å². The molecule has 0 spiro atoms. The molecule has 1 aliphatic heterocycles. The first-order valence-electron chi connectivity index (χ1n) is 4.83. The molecule has 1 fully saturated rings. The zero-order valence-corrected chi connectivity index (χ0v) is 10.3. The third kappa shape index (κ3) is 1.76. The second-order valence-corrected chi connectivity index (χ2v) is 4.59. The summed E-state index contributed by atoms with van der Waals surface area (Å²) in [7, 11) is 1.71. The number of rotatable bonds is 1. The van der Waals surface area contributed by atoms with E-state index in [2.05, 4.69) is 15.9 Å². The Kier molecular flexibility index (Phi) is 2.84. The van der Waals surface area contributed by atoms with Crippen molar-refractivity contribution in [2.24, 2.45) is 0 Å². The summed E-state index contributed by atoms with van der Waals surface area (Å²) < 4.78 is 1.00. The van der Waals surface area contributed by atoms with Crippen LogP contribution in [0.3, 0.4) is 0 Å². The van der Waals surface area contributed by atoms with Crippen LogP contribution in [0.25, 0.3) is 0 Å². The van der Waals surface area contributed by atoms with Crippen LogP contribution >= 0.6 is 15.9 Å². The molecule has 1 saturated heterocycles. The van der Waals surface area contributed by atoms with Gasteiger partial charge in [0.2, 0.25) is 0 Å². The molecule has 1 atom stereocenters. The van der Waals surface area contributed by atoms with Crippen LogP contribution in [0.1, 0.15) is 11.6 Å². The molecular weight excluding hydrogens is 270 g/mol. The van der Waals surface area contributed by atoms with Crippen LogP contribution in [0.2, 0.25) is 0 Å². The molecule has 0 radical (unpaired) electrons. The molecule has 16 heavy (non-hydrogen) atoms. The van der Waals surface area contributed by atoms with Gasteiger partial charge in [0, 0.05) is 11.5 Å². The minimum absolute atomic E-state index is 0.0414. The van der Waals surface area contributed by atoms with Gasteiger partial charge in [0.25, 0.3) is 0 Å². The topological polar surface area (TPSA) is 47.3 Å². The maximum absolute atomic E-state index is 11.6. The van der Waals surface area contributed by atoms with Gasteiger partial charge in [-0.05, 0) is 17.7 Å². The summed E-state index contributed by atoms with van der Waals surface area (Å²) in [5, 5.41) is 8.78. The number of hydrogen-bond donors (Lipinski definition) is 0. The summed E-state index contributed by atoms with van der Waals surface area (Å²) in [6.45, 7) is 0.424. The number of amides is 2. The highest BCUT2D eigenvalue weighted by Gasteiger charge is 2.35. The monoisotopic (exact) mass is 279 g/mol. The third-order valence-corrected chi connectivity index (χ3v) is 3.26. The van der Waals surface area contributed by atoms with E-state index in [1.54, 1.807) is 11.9 Å². The van der Waals surface area contributed by atoms with E-state index in [-0.39, 0.29) is 12.1 Å². The van der Waals surface area contributed by atoms with Crippen molar-refractivity contribution in [3.63, 3.8) is 0 Å². The Morgan fingerprint density at radius 1 is 1.44 bits per heavy atom. The maximum atomic E-state index is 11.6. The lowest BCUT2D eigenvalue weighted by atomic mass is 10.1. The van der Waals surface area contributed by atoms with Crippen molar-refractivity contribution < 1.29 is 4.79 Å². The number of nitriles is 1. The van der Waals surface area contributed by atoms with Gasteiger partial charge in [0.05, 0.1) is 12.6 Å². The van der Waals surface area contributed by atoms with Gasteiger partial charge in [-0.25, -0.2) is 9.69 Å². The van der Waals surface area contributed by atoms with Crippen LogP contribution in [0.5, 0.6) is 0 Å². The highest BCUT2D eigenvalue weighted by atomic mass is 79.9. The van der Waals surface area contributed by atoms with E-state index in [9.17, 15) is 4.79 Å². The van der Waals surface area contributed by atoms with Gasteiger partial charge < -0.3 is 4.90 Å². The van der Waals surface area contributed by atoms with E-state index in [0.717, 1.165) is 10.0 Å². The number of benzene rings is 1. The van der Waals surface area contributed by atoms with E-state index < -0.39 is 0 Å². The number of carbonyl (C=O) groups is 1. The zero-order valence-electron chi connectivity index (χ0n) is 8.72. The molecule has 82 valence electrons. The molecule has 1 aromatic carbocycles.